The van der Waals surface area contributed by atoms with E-state index in [9.17, 15) is 4.79 Å². The third kappa shape index (κ3) is 4.92. The van der Waals surface area contributed by atoms with Gasteiger partial charge < -0.3 is 5.32 Å². The van der Waals surface area contributed by atoms with Gasteiger partial charge in [-0.25, -0.2) is 0 Å². The van der Waals surface area contributed by atoms with Gasteiger partial charge in [0.2, 0.25) is 0 Å². The molecule has 1 aromatic carbocycles. The Kier molecular flexibility index (Phi) is 6.30. The first kappa shape index (κ1) is 14.9. The molecule has 19 heavy (non-hydrogen) atoms. The summed E-state index contributed by atoms with van der Waals surface area (Å²) in [6.45, 7) is 6.17. The summed E-state index contributed by atoms with van der Waals surface area (Å²) in [5.74, 6) is -0.0814. The summed E-state index contributed by atoms with van der Waals surface area (Å²) < 4.78 is 0. The quantitative estimate of drug-likeness (QED) is 0.617. The predicted molar refractivity (Wildman–Crippen MR) is 80.8 cm³/mol. The number of carbonyl (C=O) groups is 1. The first-order valence-electron chi connectivity index (χ1n) is 6.32. The first-order chi connectivity index (χ1) is 9.21. The van der Waals surface area contributed by atoms with Gasteiger partial charge in [-0.15, -0.1) is 0 Å². The summed E-state index contributed by atoms with van der Waals surface area (Å²) in [5, 5.41) is 2.86. The Hall–Kier alpha value is -2.16. The van der Waals surface area contributed by atoms with E-state index in [0.29, 0.717) is 12.1 Å². The number of aliphatic imine (C=N–C) groups is 1. The van der Waals surface area contributed by atoms with Gasteiger partial charge in [-0.2, -0.15) is 0 Å². The number of amides is 1. The molecule has 0 aliphatic rings. The van der Waals surface area contributed by atoms with Gasteiger partial charge in [0.1, 0.15) is 0 Å². The first-order valence-corrected chi connectivity index (χ1v) is 6.32. The molecule has 1 aromatic rings. The van der Waals surface area contributed by atoms with Crippen LogP contribution in [0.25, 0.3) is 0 Å². The third-order valence-corrected chi connectivity index (χ3v) is 2.70. The zero-order valence-corrected chi connectivity index (χ0v) is 11.5. The molecule has 1 N–H and O–H groups in total. The number of hydrogen-bond donors (Lipinski definition) is 1. The summed E-state index contributed by atoms with van der Waals surface area (Å²) in [5.41, 5.74) is 2.81. The van der Waals surface area contributed by atoms with Crippen molar-refractivity contribution in [3.63, 3.8) is 0 Å². The second-order valence-corrected chi connectivity index (χ2v) is 4.10. The smallest absolute Gasteiger partial charge is 0.251 e. The van der Waals surface area contributed by atoms with Crippen molar-refractivity contribution in [3.8, 4) is 0 Å². The average molecular weight is 256 g/mol. The zero-order chi connectivity index (χ0) is 14.1. The molecule has 0 radical (unpaired) electrons. The van der Waals surface area contributed by atoms with Crippen LogP contribution in [0.5, 0.6) is 0 Å². The number of benzene rings is 1. The second kappa shape index (κ2) is 8.03. The van der Waals surface area contributed by atoms with E-state index in [2.05, 4.69) is 23.8 Å². The molecule has 0 atom stereocenters. The average Bonchev–Trinajstić information content (AvgIpc) is 2.45. The summed E-state index contributed by atoms with van der Waals surface area (Å²) >= 11 is 0. The molecule has 3 nitrogen and oxygen atoms in total. The Bertz CT molecular complexity index is 484. The van der Waals surface area contributed by atoms with E-state index in [-0.39, 0.29) is 5.91 Å². The van der Waals surface area contributed by atoms with Gasteiger partial charge in [0, 0.05) is 25.4 Å². The number of hydrogen-bond acceptors (Lipinski definition) is 2. The van der Waals surface area contributed by atoms with Gasteiger partial charge in [-0.1, -0.05) is 37.8 Å². The van der Waals surface area contributed by atoms with Crippen LogP contribution in [0.4, 0.5) is 0 Å². The summed E-state index contributed by atoms with van der Waals surface area (Å²) in [6.07, 6.45) is 6.19. The van der Waals surface area contributed by atoms with E-state index in [1.54, 1.807) is 19.3 Å². The largest absolute Gasteiger partial charge is 0.348 e. The predicted octanol–water partition coefficient (Wildman–Crippen LogP) is 2.79. The highest BCUT2D eigenvalue weighted by Crippen LogP contribution is 2.05. The SMILES string of the molecule is C=C/C=C(\C=NC)CNC(=O)c1ccc(CC)cc1. The highest BCUT2D eigenvalue weighted by atomic mass is 16.1. The molecular formula is C16H20N2O. The Balaban J connectivity index is 2.63. The topological polar surface area (TPSA) is 41.5 Å². The molecule has 0 unspecified atom stereocenters. The molecule has 0 bridgehead atoms. The van der Waals surface area contributed by atoms with Crippen LogP contribution < -0.4 is 5.32 Å². The molecule has 100 valence electrons. The molecule has 0 aromatic heterocycles. The lowest BCUT2D eigenvalue weighted by Gasteiger charge is -2.06. The third-order valence-electron chi connectivity index (χ3n) is 2.70. The minimum atomic E-state index is -0.0814. The molecule has 0 fully saturated rings. The number of aryl methyl sites for hydroxylation is 1. The second-order valence-electron chi connectivity index (χ2n) is 4.10. The van der Waals surface area contributed by atoms with Crippen molar-refractivity contribution in [2.45, 2.75) is 13.3 Å². The van der Waals surface area contributed by atoms with Crippen molar-refractivity contribution in [3.05, 3.63) is 59.7 Å². The van der Waals surface area contributed by atoms with Crippen LogP contribution in [0.3, 0.4) is 0 Å². The maximum absolute atomic E-state index is 11.9. The number of rotatable bonds is 6. The number of carbonyl (C=O) groups excluding carboxylic acids is 1. The van der Waals surface area contributed by atoms with E-state index in [4.69, 9.17) is 0 Å². The monoisotopic (exact) mass is 256 g/mol. The normalized spacial score (nSPS) is 11.6. The lowest BCUT2D eigenvalue weighted by molar-refractivity contribution is 0.0957. The minimum Gasteiger partial charge on any atom is -0.348 e. The lowest BCUT2D eigenvalue weighted by atomic mass is 10.1. The van der Waals surface area contributed by atoms with E-state index in [0.717, 1.165) is 12.0 Å². The fourth-order valence-corrected chi connectivity index (χ4v) is 1.64. The minimum absolute atomic E-state index is 0.0814. The van der Waals surface area contributed by atoms with E-state index in [1.807, 2.05) is 30.3 Å². The Morgan fingerprint density at radius 3 is 2.58 bits per heavy atom. The summed E-state index contributed by atoms with van der Waals surface area (Å²) in [4.78, 5) is 15.9. The molecule has 0 spiro atoms. The zero-order valence-electron chi connectivity index (χ0n) is 11.5. The molecule has 0 aliphatic carbocycles. The summed E-state index contributed by atoms with van der Waals surface area (Å²) in [6, 6.07) is 7.64. The van der Waals surface area contributed by atoms with Crippen molar-refractivity contribution in [1.82, 2.24) is 5.32 Å². The van der Waals surface area contributed by atoms with E-state index >= 15 is 0 Å². The van der Waals surface area contributed by atoms with Crippen LogP contribution in [0.1, 0.15) is 22.8 Å². The standard InChI is InChI=1S/C16H20N2O/c1-4-6-14(11-17-3)12-18-16(19)15-9-7-13(5-2)8-10-15/h4,6-11H,1,5,12H2,2-3H3,(H,18,19)/b14-6+,17-11?. The highest BCUT2D eigenvalue weighted by Gasteiger charge is 2.04. The Morgan fingerprint density at radius 2 is 2.05 bits per heavy atom. The van der Waals surface area contributed by atoms with Crippen molar-refractivity contribution >= 4 is 12.1 Å². The molecule has 3 heteroatoms. The van der Waals surface area contributed by atoms with Gasteiger partial charge in [0.25, 0.3) is 5.91 Å². The Morgan fingerprint density at radius 1 is 1.37 bits per heavy atom. The molecular weight excluding hydrogens is 236 g/mol. The highest BCUT2D eigenvalue weighted by molar-refractivity contribution is 5.95. The maximum atomic E-state index is 11.9. The van der Waals surface area contributed by atoms with Gasteiger partial charge in [0.15, 0.2) is 0 Å². The van der Waals surface area contributed by atoms with Crippen molar-refractivity contribution in [1.29, 1.82) is 0 Å². The van der Waals surface area contributed by atoms with E-state index < -0.39 is 0 Å². The lowest BCUT2D eigenvalue weighted by Crippen LogP contribution is -2.25. The van der Waals surface area contributed by atoms with Crippen LogP contribution in [0.15, 0.2) is 53.6 Å². The van der Waals surface area contributed by atoms with Crippen molar-refractivity contribution in [2.75, 3.05) is 13.6 Å². The van der Waals surface area contributed by atoms with Gasteiger partial charge in [0.05, 0.1) is 0 Å². The fraction of sp³-hybridized carbons (Fsp3) is 0.250. The van der Waals surface area contributed by atoms with Crippen molar-refractivity contribution < 1.29 is 4.79 Å². The van der Waals surface area contributed by atoms with Crippen molar-refractivity contribution in [2.24, 2.45) is 4.99 Å². The van der Waals surface area contributed by atoms with Gasteiger partial charge >= 0.3 is 0 Å². The number of nitrogens with zero attached hydrogens (tertiary/aromatic N) is 1. The Labute approximate surface area is 114 Å². The molecule has 0 saturated heterocycles. The van der Waals surface area contributed by atoms with Crippen LogP contribution in [-0.4, -0.2) is 25.7 Å². The fourth-order valence-electron chi connectivity index (χ4n) is 1.64. The molecule has 0 saturated carbocycles. The van der Waals surface area contributed by atoms with Gasteiger partial charge in [-0.3, -0.25) is 9.79 Å². The van der Waals surface area contributed by atoms with Crippen LogP contribution in [0.2, 0.25) is 0 Å². The molecule has 0 heterocycles. The number of allylic oxidation sites excluding steroid dienone is 2. The van der Waals surface area contributed by atoms with Crippen LogP contribution in [0, 0.1) is 0 Å². The molecule has 1 rings (SSSR count). The van der Waals surface area contributed by atoms with E-state index in [1.165, 1.54) is 5.56 Å². The van der Waals surface area contributed by atoms with Gasteiger partial charge in [-0.05, 0) is 29.7 Å². The maximum Gasteiger partial charge on any atom is 0.251 e. The molecule has 1 amide bonds. The summed E-state index contributed by atoms with van der Waals surface area (Å²) in [7, 11) is 1.70. The van der Waals surface area contributed by atoms with Crippen LogP contribution >= 0.6 is 0 Å². The van der Waals surface area contributed by atoms with Crippen LogP contribution in [-0.2, 0) is 6.42 Å². The molecule has 0 aliphatic heterocycles. The number of nitrogens with one attached hydrogen (secondary N) is 1.